The highest BCUT2D eigenvalue weighted by molar-refractivity contribution is 5.98. The van der Waals surface area contributed by atoms with Crippen molar-refractivity contribution < 1.29 is 28.6 Å². The molecule has 7 nitrogen and oxygen atoms in total. The molecule has 0 bridgehead atoms. The van der Waals surface area contributed by atoms with Crippen LogP contribution in [0.5, 0.6) is 11.5 Å². The van der Waals surface area contributed by atoms with Crippen LogP contribution in [0.3, 0.4) is 0 Å². The Hall–Kier alpha value is -3.35. The van der Waals surface area contributed by atoms with Gasteiger partial charge < -0.3 is 19.5 Å². The molecule has 2 aliphatic rings. The third-order valence-corrected chi connectivity index (χ3v) is 6.57. The maximum atomic E-state index is 13.2. The molecule has 0 unspecified atom stereocenters. The number of ether oxygens (including phenoxy) is 3. The van der Waals surface area contributed by atoms with Crippen LogP contribution in [0.1, 0.15) is 60.5 Å². The van der Waals surface area contributed by atoms with E-state index >= 15 is 0 Å². The Balaban J connectivity index is 1.36. The summed E-state index contributed by atoms with van der Waals surface area (Å²) >= 11 is 0. The maximum absolute atomic E-state index is 13.2. The highest BCUT2D eigenvalue weighted by atomic mass is 16.6. The van der Waals surface area contributed by atoms with Gasteiger partial charge in [-0.2, -0.15) is 0 Å². The fraction of sp³-hybridized carbons (Fsp3) is 0.444. The van der Waals surface area contributed by atoms with Crippen LogP contribution in [0.4, 0.5) is 0 Å². The molecule has 1 fully saturated rings. The lowest BCUT2D eigenvalue weighted by atomic mass is 9.78. The van der Waals surface area contributed by atoms with Crippen molar-refractivity contribution >= 4 is 17.7 Å². The smallest absolute Gasteiger partial charge is 0.317 e. The summed E-state index contributed by atoms with van der Waals surface area (Å²) in [5.41, 5.74) is 1.70. The lowest BCUT2D eigenvalue weighted by Crippen LogP contribution is -2.36. The number of aryl methyl sites for hydroxylation is 1. The van der Waals surface area contributed by atoms with E-state index in [0.717, 1.165) is 36.8 Å². The third kappa shape index (κ3) is 5.41. The Labute approximate surface area is 199 Å². The van der Waals surface area contributed by atoms with E-state index in [0.29, 0.717) is 49.7 Å². The standard InChI is InChI=1S/C27H31NO6/c1-19(29)28-14-4-5-20-6-8-21(9-7-20)23(30)18-34-26(31)27(12-2-3-13-27)22-10-11-24-25(17-22)33-16-15-32-24/h6-11,17H,2-5,12-16,18H2,1H3,(H,28,29). The first-order valence-corrected chi connectivity index (χ1v) is 11.9. The van der Waals surface area contributed by atoms with E-state index in [1.165, 1.54) is 6.92 Å². The average molecular weight is 466 g/mol. The number of hydrogen-bond donors (Lipinski definition) is 1. The number of ketones is 1. The van der Waals surface area contributed by atoms with Crippen LogP contribution in [0, 0.1) is 0 Å². The minimum atomic E-state index is -0.756. The fourth-order valence-corrected chi connectivity index (χ4v) is 4.70. The number of rotatable bonds is 9. The summed E-state index contributed by atoms with van der Waals surface area (Å²) in [7, 11) is 0. The SMILES string of the molecule is CC(=O)NCCCc1ccc(C(=O)COC(=O)C2(c3ccc4c(c3)OCCO4)CCCC2)cc1. The molecule has 34 heavy (non-hydrogen) atoms. The number of amides is 1. The van der Waals surface area contributed by atoms with E-state index in [-0.39, 0.29) is 24.3 Å². The first-order chi connectivity index (χ1) is 16.5. The lowest BCUT2D eigenvalue weighted by Gasteiger charge is -2.28. The van der Waals surface area contributed by atoms with E-state index < -0.39 is 5.41 Å². The minimum Gasteiger partial charge on any atom is -0.486 e. The van der Waals surface area contributed by atoms with Crippen molar-refractivity contribution in [1.29, 1.82) is 0 Å². The topological polar surface area (TPSA) is 90.9 Å². The first-order valence-electron chi connectivity index (χ1n) is 11.9. The molecule has 0 saturated heterocycles. The van der Waals surface area contributed by atoms with Gasteiger partial charge in [0.15, 0.2) is 23.9 Å². The van der Waals surface area contributed by atoms with Gasteiger partial charge >= 0.3 is 5.97 Å². The van der Waals surface area contributed by atoms with Gasteiger partial charge in [0.05, 0.1) is 5.41 Å². The van der Waals surface area contributed by atoms with E-state index in [4.69, 9.17) is 14.2 Å². The normalized spacial score (nSPS) is 16.0. The molecule has 0 aromatic heterocycles. The van der Waals surface area contributed by atoms with E-state index in [1.54, 1.807) is 12.1 Å². The van der Waals surface area contributed by atoms with Gasteiger partial charge in [-0.15, -0.1) is 0 Å². The summed E-state index contributed by atoms with van der Waals surface area (Å²) in [6.07, 6.45) is 4.87. The lowest BCUT2D eigenvalue weighted by molar-refractivity contribution is -0.149. The van der Waals surface area contributed by atoms with Crippen molar-refractivity contribution in [2.24, 2.45) is 0 Å². The molecule has 1 saturated carbocycles. The third-order valence-electron chi connectivity index (χ3n) is 6.57. The molecule has 0 atom stereocenters. The van der Waals surface area contributed by atoms with Gasteiger partial charge in [0.1, 0.15) is 13.2 Å². The summed E-state index contributed by atoms with van der Waals surface area (Å²) in [6.45, 7) is 2.83. The number of nitrogens with one attached hydrogen (secondary N) is 1. The number of Topliss-reactive ketones (excluding diaryl/α,β-unsaturated/α-hetero) is 1. The minimum absolute atomic E-state index is 0.0381. The van der Waals surface area contributed by atoms with Crippen LogP contribution in [0.25, 0.3) is 0 Å². The van der Waals surface area contributed by atoms with Gasteiger partial charge in [0, 0.05) is 19.0 Å². The highest BCUT2D eigenvalue weighted by Gasteiger charge is 2.45. The molecule has 1 N–H and O–H groups in total. The van der Waals surface area contributed by atoms with Crippen LogP contribution in [0.2, 0.25) is 0 Å². The monoisotopic (exact) mass is 465 g/mol. The van der Waals surface area contributed by atoms with Crippen LogP contribution in [0.15, 0.2) is 42.5 Å². The summed E-state index contributed by atoms with van der Waals surface area (Å²) in [5, 5.41) is 2.77. The van der Waals surface area contributed by atoms with Gasteiger partial charge in [0.2, 0.25) is 5.91 Å². The summed E-state index contributed by atoms with van der Waals surface area (Å²) in [5.74, 6) is 0.711. The molecule has 1 heterocycles. The Morgan fingerprint density at radius 1 is 0.971 bits per heavy atom. The Bertz CT molecular complexity index is 1040. The Kier molecular flexibility index (Phi) is 7.50. The van der Waals surface area contributed by atoms with Crippen molar-refractivity contribution in [3.8, 4) is 11.5 Å². The van der Waals surface area contributed by atoms with E-state index in [9.17, 15) is 14.4 Å². The van der Waals surface area contributed by atoms with Gasteiger partial charge in [-0.3, -0.25) is 14.4 Å². The molecule has 0 spiro atoms. The predicted molar refractivity (Wildman–Crippen MR) is 126 cm³/mol. The van der Waals surface area contributed by atoms with Crippen LogP contribution in [-0.4, -0.2) is 44.0 Å². The van der Waals surface area contributed by atoms with Crippen LogP contribution >= 0.6 is 0 Å². The molecular formula is C27H31NO6. The van der Waals surface area contributed by atoms with E-state index in [2.05, 4.69) is 5.32 Å². The number of benzene rings is 2. The molecule has 1 aliphatic carbocycles. The zero-order valence-corrected chi connectivity index (χ0v) is 19.6. The zero-order valence-electron chi connectivity index (χ0n) is 19.6. The molecule has 1 aliphatic heterocycles. The molecule has 180 valence electrons. The number of fused-ring (bicyclic) bond motifs is 1. The molecule has 1 amide bonds. The largest absolute Gasteiger partial charge is 0.486 e. The van der Waals surface area contributed by atoms with Crippen molar-refractivity contribution in [2.75, 3.05) is 26.4 Å². The molecule has 7 heteroatoms. The van der Waals surface area contributed by atoms with Gasteiger partial charge in [0.25, 0.3) is 0 Å². The van der Waals surface area contributed by atoms with E-state index in [1.807, 2.05) is 30.3 Å². The van der Waals surface area contributed by atoms with Crippen LogP contribution in [-0.2, 0) is 26.2 Å². The van der Waals surface area contributed by atoms with Gasteiger partial charge in [-0.05, 0) is 48.9 Å². The fourth-order valence-electron chi connectivity index (χ4n) is 4.70. The number of carbonyl (C=O) groups is 3. The van der Waals surface area contributed by atoms with Crippen molar-refractivity contribution in [1.82, 2.24) is 5.32 Å². The van der Waals surface area contributed by atoms with Crippen LogP contribution < -0.4 is 14.8 Å². The summed E-state index contributed by atoms with van der Waals surface area (Å²) in [4.78, 5) is 36.9. The Morgan fingerprint density at radius 3 is 2.38 bits per heavy atom. The quantitative estimate of drug-likeness (QED) is 0.344. The molecule has 2 aromatic carbocycles. The van der Waals surface area contributed by atoms with Gasteiger partial charge in [-0.1, -0.05) is 43.2 Å². The molecule has 4 rings (SSSR count). The summed E-state index contributed by atoms with van der Waals surface area (Å²) < 4.78 is 16.9. The average Bonchev–Trinajstić information content (AvgIpc) is 3.36. The highest BCUT2D eigenvalue weighted by Crippen LogP contribution is 2.45. The summed E-state index contributed by atoms with van der Waals surface area (Å²) in [6, 6.07) is 13.0. The predicted octanol–water partition coefficient (Wildman–Crippen LogP) is 3.76. The second kappa shape index (κ2) is 10.7. The number of esters is 1. The number of hydrogen-bond acceptors (Lipinski definition) is 6. The van der Waals surface area contributed by atoms with Crippen molar-refractivity contribution in [3.63, 3.8) is 0 Å². The van der Waals surface area contributed by atoms with Gasteiger partial charge in [-0.25, -0.2) is 0 Å². The molecular weight excluding hydrogens is 434 g/mol. The maximum Gasteiger partial charge on any atom is 0.317 e. The molecule has 2 aromatic rings. The second-order valence-electron chi connectivity index (χ2n) is 8.93. The zero-order chi connectivity index (χ0) is 24.0. The van der Waals surface area contributed by atoms with Crippen molar-refractivity contribution in [2.45, 2.75) is 50.9 Å². The molecule has 0 radical (unpaired) electrons. The second-order valence-corrected chi connectivity index (χ2v) is 8.93. The Morgan fingerprint density at radius 2 is 1.68 bits per heavy atom. The number of carbonyl (C=O) groups excluding carboxylic acids is 3. The van der Waals surface area contributed by atoms with Crippen molar-refractivity contribution in [3.05, 3.63) is 59.2 Å². The first kappa shape index (κ1) is 23.8.